The summed E-state index contributed by atoms with van der Waals surface area (Å²) >= 11 is 1.29. The van der Waals surface area contributed by atoms with Gasteiger partial charge in [-0.3, -0.25) is 4.79 Å². The molecular formula is C11H17N3OS. The summed E-state index contributed by atoms with van der Waals surface area (Å²) < 4.78 is 0. The molecular weight excluding hydrogens is 222 g/mol. The first kappa shape index (κ1) is 11.4. The number of amides is 1. The lowest BCUT2D eigenvalue weighted by Gasteiger charge is -2.31. The molecule has 1 fully saturated rings. The summed E-state index contributed by atoms with van der Waals surface area (Å²) in [6, 6.07) is 0. The van der Waals surface area contributed by atoms with Crippen molar-refractivity contribution in [1.29, 1.82) is 0 Å². The van der Waals surface area contributed by atoms with Gasteiger partial charge in [-0.25, -0.2) is 4.98 Å². The summed E-state index contributed by atoms with van der Waals surface area (Å²) in [5, 5.41) is 0.470. The van der Waals surface area contributed by atoms with Crippen LogP contribution in [0.4, 0.5) is 5.13 Å². The minimum atomic E-state index is -0.0394. The van der Waals surface area contributed by atoms with Gasteiger partial charge < -0.3 is 10.6 Å². The molecule has 0 bridgehead atoms. The number of aromatic nitrogens is 1. The molecule has 2 rings (SSSR count). The number of anilines is 1. The van der Waals surface area contributed by atoms with Crippen LogP contribution in [0, 0.1) is 6.92 Å². The van der Waals surface area contributed by atoms with Crippen LogP contribution < -0.4 is 5.73 Å². The second-order valence-electron chi connectivity index (χ2n) is 4.84. The van der Waals surface area contributed by atoms with Crippen molar-refractivity contribution in [2.45, 2.75) is 39.2 Å². The molecule has 0 aliphatic carbocycles. The summed E-state index contributed by atoms with van der Waals surface area (Å²) in [5.41, 5.74) is 6.33. The predicted octanol–water partition coefficient (Wildman–Crippen LogP) is 2.05. The minimum absolute atomic E-state index is 0.0394. The maximum Gasteiger partial charge on any atom is 0.266 e. The summed E-state index contributed by atoms with van der Waals surface area (Å²) in [4.78, 5) is 19.1. The molecule has 1 amide bonds. The molecule has 1 aliphatic rings. The summed E-state index contributed by atoms with van der Waals surface area (Å²) in [6.07, 6.45) is 2.14. The lowest BCUT2D eigenvalue weighted by atomic mass is 10.0. The number of hydrogen-bond donors (Lipinski definition) is 1. The molecule has 0 radical (unpaired) electrons. The average Bonchev–Trinajstić information content (AvgIpc) is 2.68. The van der Waals surface area contributed by atoms with Crippen LogP contribution in [-0.4, -0.2) is 27.9 Å². The van der Waals surface area contributed by atoms with Crippen LogP contribution in [0.15, 0.2) is 0 Å². The second kappa shape index (κ2) is 3.73. The molecule has 0 spiro atoms. The lowest BCUT2D eigenvalue weighted by molar-refractivity contribution is 0.0656. The van der Waals surface area contributed by atoms with Gasteiger partial charge in [-0.05, 0) is 33.6 Å². The van der Waals surface area contributed by atoms with E-state index in [1.165, 1.54) is 11.3 Å². The first-order valence-corrected chi connectivity index (χ1v) is 6.28. The topological polar surface area (TPSA) is 59.2 Å². The quantitative estimate of drug-likeness (QED) is 0.816. The van der Waals surface area contributed by atoms with E-state index in [-0.39, 0.29) is 11.4 Å². The van der Waals surface area contributed by atoms with Gasteiger partial charge in [-0.1, -0.05) is 11.3 Å². The Kier molecular flexibility index (Phi) is 2.66. The van der Waals surface area contributed by atoms with Gasteiger partial charge in [0.1, 0.15) is 4.88 Å². The van der Waals surface area contributed by atoms with Crippen molar-refractivity contribution >= 4 is 22.4 Å². The number of nitrogens with two attached hydrogens (primary N) is 1. The highest BCUT2D eigenvalue weighted by molar-refractivity contribution is 7.17. The Labute approximate surface area is 99.5 Å². The zero-order chi connectivity index (χ0) is 11.9. The number of nitrogens with zero attached hydrogens (tertiary/aromatic N) is 2. The van der Waals surface area contributed by atoms with Crippen molar-refractivity contribution in [3.8, 4) is 0 Å². The Morgan fingerprint density at radius 2 is 2.25 bits per heavy atom. The summed E-state index contributed by atoms with van der Waals surface area (Å²) in [7, 11) is 0. The molecule has 0 saturated carbocycles. The number of carbonyl (C=O) groups excluding carboxylic acids is 1. The molecule has 16 heavy (non-hydrogen) atoms. The van der Waals surface area contributed by atoms with Crippen molar-refractivity contribution < 1.29 is 4.79 Å². The molecule has 4 nitrogen and oxygen atoms in total. The van der Waals surface area contributed by atoms with Crippen LogP contribution in [0.5, 0.6) is 0 Å². The van der Waals surface area contributed by atoms with Gasteiger partial charge >= 0.3 is 0 Å². The third kappa shape index (κ3) is 1.80. The summed E-state index contributed by atoms with van der Waals surface area (Å²) in [6.45, 7) is 6.89. The first-order chi connectivity index (χ1) is 7.42. The Bertz CT molecular complexity index is 425. The molecule has 1 aromatic rings. The molecule has 1 aromatic heterocycles. The van der Waals surface area contributed by atoms with Crippen molar-refractivity contribution in [3.63, 3.8) is 0 Å². The fourth-order valence-corrected chi connectivity index (χ4v) is 3.00. The number of aryl methyl sites for hydroxylation is 1. The molecule has 0 unspecified atom stereocenters. The Hall–Kier alpha value is -1.10. The van der Waals surface area contributed by atoms with E-state index in [0.717, 1.165) is 25.1 Å². The normalized spacial score (nSPS) is 19.1. The van der Waals surface area contributed by atoms with E-state index in [2.05, 4.69) is 18.8 Å². The van der Waals surface area contributed by atoms with Gasteiger partial charge in [0.15, 0.2) is 5.13 Å². The number of rotatable bonds is 1. The van der Waals surface area contributed by atoms with Gasteiger partial charge in [0, 0.05) is 12.1 Å². The van der Waals surface area contributed by atoms with E-state index >= 15 is 0 Å². The van der Waals surface area contributed by atoms with E-state index in [9.17, 15) is 4.79 Å². The smallest absolute Gasteiger partial charge is 0.266 e. The third-order valence-electron chi connectivity index (χ3n) is 3.15. The molecule has 88 valence electrons. The van der Waals surface area contributed by atoms with Crippen LogP contribution in [0.25, 0.3) is 0 Å². The SMILES string of the molecule is Cc1nc(N)sc1C(=O)N1CCCC1(C)C. The Balaban J connectivity index is 2.29. The van der Waals surface area contributed by atoms with E-state index < -0.39 is 0 Å². The molecule has 2 heterocycles. The Morgan fingerprint density at radius 3 is 2.69 bits per heavy atom. The lowest BCUT2D eigenvalue weighted by Crippen LogP contribution is -2.42. The number of likely N-dealkylation sites (tertiary alicyclic amines) is 1. The van der Waals surface area contributed by atoms with E-state index in [1.54, 1.807) is 0 Å². The summed E-state index contributed by atoms with van der Waals surface area (Å²) in [5.74, 6) is 0.0780. The highest BCUT2D eigenvalue weighted by atomic mass is 32.1. The molecule has 1 aliphatic heterocycles. The molecule has 0 atom stereocenters. The van der Waals surface area contributed by atoms with Gasteiger partial charge in [-0.15, -0.1) is 0 Å². The van der Waals surface area contributed by atoms with Crippen LogP contribution >= 0.6 is 11.3 Å². The first-order valence-electron chi connectivity index (χ1n) is 5.47. The van der Waals surface area contributed by atoms with Gasteiger partial charge in [0.05, 0.1) is 5.69 Å². The molecule has 0 aromatic carbocycles. The van der Waals surface area contributed by atoms with Crippen LogP contribution in [-0.2, 0) is 0 Å². The molecule has 2 N–H and O–H groups in total. The zero-order valence-corrected chi connectivity index (χ0v) is 10.7. The van der Waals surface area contributed by atoms with Gasteiger partial charge in [-0.2, -0.15) is 0 Å². The third-order valence-corrected chi connectivity index (χ3v) is 4.13. The predicted molar refractivity (Wildman–Crippen MR) is 65.6 cm³/mol. The molecule has 1 saturated heterocycles. The van der Waals surface area contributed by atoms with E-state index in [0.29, 0.717) is 10.0 Å². The highest BCUT2D eigenvalue weighted by Gasteiger charge is 2.37. The number of thiazole rings is 1. The van der Waals surface area contributed by atoms with Crippen LogP contribution in [0.1, 0.15) is 42.1 Å². The fourth-order valence-electron chi connectivity index (χ4n) is 2.22. The number of nitrogen functional groups attached to an aromatic ring is 1. The Morgan fingerprint density at radius 1 is 1.56 bits per heavy atom. The largest absolute Gasteiger partial charge is 0.375 e. The standard InChI is InChI=1S/C11H17N3OS/c1-7-8(16-10(12)13-7)9(15)14-6-4-5-11(14,2)3/h4-6H2,1-3H3,(H2,12,13). The van der Waals surface area contributed by atoms with Crippen LogP contribution in [0.2, 0.25) is 0 Å². The maximum absolute atomic E-state index is 12.3. The number of hydrogen-bond acceptors (Lipinski definition) is 4. The fraction of sp³-hybridized carbons (Fsp3) is 0.636. The highest BCUT2D eigenvalue weighted by Crippen LogP contribution is 2.32. The van der Waals surface area contributed by atoms with Crippen LogP contribution in [0.3, 0.4) is 0 Å². The maximum atomic E-state index is 12.3. The zero-order valence-electron chi connectivity index (χ0n) is 9.91. The monoisotopic (exact) mass is 239 g/mol. The second-order valence-corrected chi connectivity index (χ2v) is 5.87. The average molecular weight is 239 g/mol. The van der Waals surface area contributed by atoms with Crippen molar-refractivity contribution in [2.24, 2.45) is 0 Å². The minimum Gasteiger partial charge on any atom is -0.375 e. The van der Waals surface area contributed by atoms with Crippen molar-refractivity contribution in [3.05, 3.63) is 10.6 Å². The van der Waals surface area contributed by atoms with Crippen molar-refractivity contribution in [1.82, 2.24) is 9.88 Å². The van der Waals surface area contributed by atoms with Crippen molar-refractivity contribution in [2.75, 3.05) is 12.3 Å². The van der Waals surface area contributed by atoms with Gasteiger partial charge in [0.2, 0.25) is 0 Å². The molecule has 5 heteroatoms. The van der Waals surface area contributed by atoms with E-state index in [4.69, 9.17) is 5.73 Å². The van der Waals surface area contributed by atoms with E-state index in [1.807, 2.05) is 11.8 Å². The van der Waals surface area contributed by atoms with Gasteiger partial charge in [0.25, 0.3) is 5.91 Å². The number of carbonyl (C=O) groups is 1.